The highest BCUT2D eigenvalue weighted by Crippen LogP contribution is 2.30. The fraction of sp³-hybridized carbons (Fsp3) is 0.0909. The van der Waals surface area contributed by atoms with Gasteiger partial charge in [0.15, 0.2) is 0 Å². The molecule has 1 N–H and O–H groups in total. The first-order valence-electron chi connectivity index (χ1n) is 8.34. The summed E-state index contributed by atoms with van der Waals surface area (Å²) in [6, 6.07) is 25.1. The molecule has 1 atom stereocenters. The van der Waals surface area contributed by atoms with Crippen LogP contribution in [0.15, 0.2) is 77.8 Å². The van der Waals surface area contributed by atoms with Gasteiger partial charge in [0, 0.05) is 0 Å². The van der Waals surface area contributed by atoms with Crippen LogP contribution in [0.1, 0.15) is 22.8 Å². The van der Waals surface area contributed by atoms with Gasteiger partial charge in [0.2, 0.25) is 5.90 Å². The van der Waals surface area contributed by atoms with Crippen molar-refractivity contribution in [3.63, 3.8) is 0 Å². The SMILES string of the molecule is N#Cc1ccc(O)c(C2=NCC(c3ccc(-c4ccccc4)cc3)O2)c1. The van der Waals surface area contributed by atoms with Gasteiger partial charge in [-0.3, -0.25) is 0 Å². The maximum Gasteiger partial charge on any atom is 0.220 e. The maximum atomic E-state index is 10.0. The van der Waals surface area contributed by atoms with Crippen LogP contribution < -0.4 is 0 Å². The molecule has 1 aliphatic heterocycles. The molecule has 0 fully saturated rings. The zero-order chi connectivity index (χ0) is 17.9. The van der Waals surface area contributed by atoms with Gasteiger partial charge >= 0.3 is 0 Å². The lowest BCUT2D eigenvalue weighted by Gasteiger charge is -2.13. The summed E-state index contributed by atoms with van der Waals surface area (Å²) in [6.45, 7) is 0.482. The zero-order valence-electron chi connectivity index (χ0n) is 14.0. The maximum absolute atomic E-state index is 10.0. The quantitative estimate of drug-likeness (QED) is 0.766. The molecule has 0 spiro atoms. The number of benzene rings is 3. The van der Waals surface area contributed by atoms with Crippen molar-refractivity contribution in [1.82, 2.24) is 0 Å². The molecule has 3 aromatic rings. The van der Waals surface area contributed by atoms with Crippen molar-refractivity contribution in [2.75, 3.05) is 6.54 Å². The Labute approximate surface area is 151 Å². The summed E-state index contributed by atoms with van der Waals surface area (Å²) in [5, 5.41) is 19.1. The second kappa shape index (κ2) is 6.73. The molecule has 1 unspecified atom stereocenters. The second-order valence-electron chi connectivity index (χ2n) is 6.08. The van der Waals surface area contributed by atoms with E-state index in [4.69, 9.17) is 10.00 Å². The van der Waals surface area contributed by atoms with Crippen LogP contribution in [0.5, 0.6) is 5.75 Å². The molecule has 0 aliphatic carbocycles. The summed E-state index contributed by atoms with van der Waals surface area (Å²) in [7, 11) is 0. The second-order valence-corrected chi connectivity index (χ2v) is 6.08. The Morgan fingerprint density at radius 3 is 2.42 bits per heavy atom. The van der Waals surface area contributed by atoms with Crippen LogP contribution in [0.4, 0.5) is 0 Å². The summed E-state index contributed by atoms with van der Waals surface area (Å²) in [5.41, 5.74) is 4.25. The lowest BCUT2D eigenvalue weighted by atomic mass is 10.0. The number of aromatic hydroxyl groups is 1. The van der Waals surface area contributed by atoms with Crippen LogP contribution >= 0.6 is 0 Å². The van der Waals surface area contributed by atoms with Crippen molar-refractivity contribution in [2.45, 2.75) is 6.10 Å². The number of aliphatic imine (C=N–C) groups is 1. The number of hydrogen-bond acceptors (Lipinski definition) is 4. The van der Waals surface area contributed by atoms with Gasteiger partial charge in [-0.05, 0) is 34.9 Å². The van der Waals surface area contributed by atoms with E-state index >= 15 is 0 Å². The third-order valence-corrected chi connectivity index (χ3v) is 4.40. The Bertz CT molecular complexity index is 1000. The minimum Gasteiger partial charge on any atom is -0.507 e. The molecule has 4 rings (SSSR count). The molecule has 0 bridgehead atoms. The normalized spacial score (nSPS) is 15.8. The van der Waals surface area contributed by atoms with Gasteiger partial charge in [0.25, 0.3) is 0 Å². The Morgan fingerprint density at radius 1 is 0.962 bits per heavy atom. The highest BCUT2D eigenvalue weighted by molar-refractivity contribution is 5.98. The molecule has 0 amide bonds. The van der Waals surface area contributed by atoms with E-state index in [2.05, 4.69) is 35.3 Å². The third kappa shape index (κ3) is 3.03. The van der Waals surface area contributed by atoms with Gasteiger partial charge in [-0.1, -0.05) is 54.6 Å². The number of phenolic OH excluding ortho intramolecular Hbond substituents is 1. The number of hydrogen-bond donors (Lipinski definition) is 1. The van der Waals surface area contributed by atoms with E-state index < -0.39 is 0 Å². The highest BCUT2D eigenvalue weighted by atomic mass is 16.5. The minimum absolute atomic E-state index is 0.0582. The van der Waals surface area contributed by atoms with Crippen molar-refractivity contribution in [3.05, 3.63) is 89.5 Å². The largest absolute Gasteiger partial charge is 0.507 e. The fourth-order valence-electron chi connectivity index (χ4n) is 2.99. The summed E-state index contributed by atoms with van der Waals surface area (Å²) < 4.78 is 5.94. The van der Waals surface area contributed by atoms with Crippen LogP contribution in [-0.2, 0) is 4.74 Å². The van der Waals surface area contributed by atoms with Crippen molar-refractivity contribution < 1.29 is 9.84 Å². The predicted octanol–water partition coefficient (Wildman–Crippen LogP) is 4.45. The van der Waals surface area contributed by atoms with E-state index in [1.165, 1.54) is 11.6 Å². The third-order valence-electron chi connectivity index (χ3n) is 4.40. The Hall–Kier alpha value is -3.58. The van der Waals surface area contributed by atoms with E-state index in [0.29, 0.717) is 23.6 Å². The molecule has 0 saturated carbocycles. The van der Waals surface area contributed by atoms with Crippen molar-refractivity contribution in [1.29, 1.82) is 5.26 Å². The number of rotatable bonds is 3. The molecule has 3 aromatic carbocycles. The zero-order valence-corrected chi connectivity index (χ0v) is 14.0. The molecular weight excluding hydrogens is 324 g/mol. The number of phenols is 1. The van der Waals surface area contributed by atoms with Crippen LogP contribution in [-0.4, -0.2) is 17.5 Å². The van der Waals surface area contributed by atoms with E-state index in [1.54, 1.807) is 12.1 Å². The Morgan fingerprint density at radius 2 is 1.69 bits per heavy atom. The van der Waals surface area contributed by atoms with E-state index in [9.17, 15) is 5.11 Å². The predicted molar refractivity (Wildman–Crippen MR) is 99.9 cm³/mol. The van der Waals surface area contributed by atoms with Gasteiger partial charge in [-0.15, -0.1) is 0 Å². The van der Waals surface area contributed by atoms with E-state index in [1.807, 2.05) is 30.3 Å². The number of nitrogens with zero attached hydrogens (tertiary/aromatic N) is 2. The standard InChI is InChI=1S/C22H16N2O2/c23-13-15-6-11-20(25)19(12-15)22-24-14-21(26-22)18-9-7-17(8-10-18)16-4-2-1-3-5-16/h1-12,21,25H,14H2. The van der Waals surface area contributed by atoms with E-state index in [-0.39, 0.29) is 11.9 Å². The summed E-state index contributed by atoms with van der Waals surface area (Å²) in [6.07, 6.45) is -0.194. The Balaban J connectivity index is 1.53. The van der Waals surface area contributed by atoms with Crippen molar-refractivity contribution in [2.24, 2.45) is 4.99 Å². The average molecular weight is 340 g/mol. The van der Waals surface area contributed by atoms with Crippen LogP contribution in [0, 0.1) is 11.3 Å². The first kappa shape index (κ1) is 15.9. The monoisotopic (exact) mass is 340 g/mol. The van der Waals surface area contributed by atoms with Crippen LogP contribution in [0.2, 0.25) is 0 Å². The molecule has 1 aliphatic rings. The topological polar surface area (TPSA) is 65.6 Å². The molecule has 126 valence electrons. The molecule has 0 saturated heterocycles. The number of ether oxygens (including phenoxy) is 1. The van der Waals surface area contributed by atoms with Crippen molar-refractivity contribution in [3.8, 4) is 22.9 Å². The smallest absolute Gasteiger partial charge is 0.220 e. The van der Waals surface area contributed by atoms with Gasteiger partial charge in [0.05, 0.1) is 23.7 Å². The average Bonchev–Trinajstić information content (AvgIpc) is 3.19. The van der Waals surface area contributed by atoms with Gasteiger partial charge < -0.3 is 9.84 Å². The van der Waals surface area contributed by atoms with Crippen LogP contribution in [0.25, 0.3) is 11.1 Å². The first-order chi connectivity index (χ1) is 12.7. The first-order valence-corrected chi connectivity index (χ1v) is 8.34. The molecule has 0 radical (unpaired) electrons. The van der Waals surface area contributed by atoms with Gasteiger partial charge in [0.1, 0.15) is 11.9 Å². The Kier molecular flexibility index (Phi) is 4.12. The number of nitriles is 1. The van der Waals surface area contributed by atoms with Crippen LogP contribution in [0.3, 0.4) is 0 Å². The molecule has 1 heterocycles. The van der Waals surface area contributed by atoms with E-state index in [0.717, 1.165) is 11.1 Å². The summed E-state index contributed by atoms with van der Waals surface area (Å²) in [5.74, 6) is 0.430. The van der Waals surface area contributed by atoms with Gasteiger partial charge in [-0.25, -0.2) is 4.99 Å². The lowest BCUT2D eigenvalue weighted by Crippen LogP contribution is -2.06. The molecule has 0 aromatic heterocycles. The minimum atomic E-state index is -0.194. The van der Waals surface area contributed by atoms with Gasteiger partial charge in [-0.2, -0.15) is 5.26 Å². The molecule has 4 nitrogen and oxygen atoms in total. The lowest BCUT2D eigenvalue weighted by molar-refractivity contribution is 0.230. The highest BCUT2D eigenvalue weighted by Gasteiger charge is 2.24. The van der Waals surface area contributed by atoms with Crippen molar-refractivity contribution >= 4 is 5.90 Å². The molecule has 4 heteroatoms. The summed E-state index contributed by atoms with van der Waals surface area (Å²) in [4.78, 5) is 4.41. The fourth-order valence-corrected chi connectivity index (χ4v) is 2.99. The molecule has 26 heavy (non-hydrogen) atoms. The summed E-state index contributed by atoms with van der Waals surface area (Å²) >= 11 is 0. The molecular formula is C22H16N2O2.